The number of carbonyl (C=O) groups excluding carboxylic acids is 1. The van der Waals surface area contributed by atoms with Crippen molar-refractivity contribution >= 4 is 17.3 Å². The third-order valence-corrected chi connectivity index (χ3v) is 5.78. The summed E-state index contributed by atoms with van der Waals surface area (Å²) in [5, 5.41) is 14.2. The lowest BCUT2D eigenvalue weighted by Gasteiger charge is -2.45. The van der Waals surface area contributed by atoms with Gasteiger partial charge in [0.25, 0.3) is 5.69 Å². The number of nitro groups is 1. The van der Waals surface area contributed by atoms with Crippen molar-refractivity contribution in [1.29, 1.82) is 0 Å². The zero-order chi connectivity index (χ0) is 19.5. The van der Waals surface area contributed by atoms with Gasteiger partial charge in [0.05, 0.1) is 10.8 Å². The van der Waals surface area contributed by atoms with E-state index >= 15 is 0 Å². The summed E-state index contributed by atoms with van der Waals surface area (Å²) in [6, 6.07) is 11.0. The van der Waals surface area contributed by atoms with Crippen LogP contribution in [-0.2, 0) is 17.6 Å². The number of piperidine rings is 1. The summed E-state index contributed by atoms with van der Waals surface area (Å²) < 4.78 is 0. The highest BCUT2D eigenvalue weighted by atomic mass is 16.6. The zero-order valence-corrected chi connectivity index (χ0v) is 15.7. The molecular weight excluding hydrogens is 356 g/mol. The van der Waals surface area contributed by atoms with Crippen LogP contribution in [0.4, 0.5) is 11.4 Å². The predicted molar refractivity (Wildman–Crippen MR) is 106 cm³/mol. The van der Waals surface area contributed by atoms with Gasteiger partial charge in [0.15, 0.2) is 0 Å². The highest BCUT2D eigenvalue weighted by Crippen LogP contribution is 2.39. The quantitative estimate of drug-likeness (QED) is 0.636. The van der Waals surface area contributed by atoms with Crippen LogP contribution in [0.5, 0.6) is 0 Å². The third kappa shape index (κ3) is 3.69. The molecule has 0 spiro atoms. The van der Waals surface area contributed by atoms with Crippen molar-refractivity contribution < 1.29 is 9.72 Å². The number of benzene rings is 1. The number of amides is 1. The number of aromatic nitrogens is 1. The summed E-state index contributed by atoms with van der Waals surface area (Å²) in [6.07, 6.45) is 6.17. The summed E-state index contributed by atoms with van der Waals surface area (Å²) in [7, 11) is 0. The van der Waals surface area contributed by atoms with Crippen molar-refractivity contribution in [3.63, 3.8) is 0 Å². The Balaban J connectivity index is 1.50. The Morgan fingerprint density at radius 2 is 2.18 bits per heavy atom. The second-order valence-corrected chi connectivity index (χ2v) is 7.50. The van der Waals surface area contributed by atoms with Crippen molar-refractivity contribution in [1.82, 2.24) is 10.3 Å². The maximum atomic E-state index is 13.0. The highest BCUT2D eigenvalue weighted by molar-refractivity contribution is 5.82. The number of fused-ring (bicyclic) bond motifs is 3. The van der Waals surface area contributed by atoms with Crippen LogP contribution in [0.15, 0.2) is 42.6 Å². The molecule has 2 aliphatic rings. The Hall–Kier alpha value is -2.96. The van der Waals surface area contributed by atoms with Gasteiger partial charge in [-0.25, -0.2) is 0 Å². The van der Waals surface area contributed by atoms with Gasteiger partial charge in [-0.15, -0.1) is 0 Å². The van der Waals surface area contributed by atoms with Crippen LogP contribution < -0.4 is 10.2 Å². The summed E-state index contributed by atoms with van der Waals surface area (Å²) >= 11 is 0. The smallest absolute Gasteiger partial charge is 0.269 e. The predicted octanol–water partition coefficient (Wildman–Crippen LogP) is 2.88. The molecule has 1 saturated heterocycles. The normalized spacial score (nSPS) is 20.8. The lowest BCUT2D eigenvalue weighted by molar-refractivity contribution is -0.384. The molecule has 3 heterocycles. The minimum Gasteiger partial charge on any atom is -0.368 e. The summed E-state index contributed by atoms with van der Waals surface area (Å²) in [6.45, 7) is 1.44. The average Bonchev–Trinajstić information content (AvgIpc) is 2.73. The van der Waals surface area contributed by atoms with Crippen molar-refractivity contribution in [2.45, 2.75) is 38.1 Å². The van der Waals surface area contributed by atoms with Crippen molar-refractivity contribution in [3.05, 3.63) is 64.0 Å². The van der Waals surface area contributed by atoms with Crippen LogP contribution in [0, 0.1) is 16.0 Å². The minimum absolute atomic E-state index is 0.0324. The van der Waals surface area contributed by atoms with E-state index in [0.29, 0.717) is 19.4 Å². The first-order chi connectivity index (χ1) is 13.6. The minimum atomic E-state index is -0.371. The van der Waals surface area contributed by atoms with Crippen molar-refractivity contribution in [2.75, 3.05) is 18.0 Å². The highest BCUT2D eigenvalue weighted by Gasteiger charge is 2.39. The fourth-order valence-electron chi connectivity index (χ4n) is 4.44. The SMILES string of the molecule is O=C(NCCc1ccccn1)[C@@H]1Cc2cc([N+](=O)[O-])ccc2N2CCCC[C@@H]12. The number of nitrogens with zero attached hydrogens (tertiary/aromatic N) is 3. The van der Waals surface area contributed by atoms with Gasteiger partial charge < -0.3 is 10.2 Å². The van der Waals surface area contributed by atoms with Gasteiger partial charge in [-0.1, -0.05) is 6.07 Å². The van der Waals surface area contributed by atoms with E-state index in [1.807, 2.05) is 24.3 Å². The molecule has 7 nitrogen and oxygen atoms in total. The number of non-ortho nitro benzene ring substituents is 1. The molecule has 1 fully saturated rings. The molecule has 146 valence electrons. The molecule has 7 heteroatoms. The molecule has 1 aromatic heterocycles. The van der Waals surface area contributed by atoms with Crippen LogP contribution in [0.2, 0.25) is 0 Å². The number of nitrogens with one attached hydrogen (secondary N) is 1. The van der Waals surface area contributed by atoms with Crippen LogP contribution in [-0.4, -0.2) is 34.9 Å². The Kier molecular flexibility index (Phi) is 5.23. The largest absolute Gasteiger partial charge is 0.368 e. The van der Waals surface area contributed by atoms with Gasteiger partial charge in [-0.05, 0) is 49.4 Å². The van der Waals surface area contributed by atoms with E-state index in [4.69, 9.17) is 0 Å². The molecule has 0 unspecified atom stereocenters. The van der Waals surface area contributed by atoms with Crippen molar-refractivity contribution in [3.8, 4) is 0 Å². The lowest BCUT2D eigenvalue weighted by Crippen LogP contribution is -2.53. The standard InChI is InChI=1S/C21H24N4O3/c26-21(23-11-9-16-5-1-3-10-22-16)18-14-15-13-17(25(27)28)7-8-19(15)24-12-4-2-6-20(18)24/h1,3,5,7-8,10,13,18,20H,2,4,6,9,11-12,14H2,(H,23,26)/t18-,20+/m1/s1. The fraction of sp³-hybridized carbons (Fsp3) is 0.429. The zero-order valence-electron chi connectivity index (χ0n) is 15.7. The molecule has 0 radical (unpaired) electrons. The van der Waals surface area contributed by atoms with Gasteiger partial charge in [-0.3, -0.25) is 19.9 Å². The maximum Gasteiger partial charge on any atom is 0.269 e. The number of pyridine rings is 1. The summed E-state index contributed by atoms with van der Waals surface area (Å²) in [5.41, 5.74) is 2.99. The second kappa shape index (κ2) is 7.96. The van der Waals surface area contributed by atoms with E-state index < -0.39 is 0 Å². The van der Waals surface area contributed by atoms with Gasteiger partial charge >= 0.3 is 0 Å². The number of carbonyl (C=O) groups is 1. The number of hydrogen-bond acceptors (Lipinski definition) is 5. The number of nitro benzene ring substituents is 1. The summed E-state index contributed by atoms with van der Waals surface area (Å²) in [5.74, 6) is -0.150. The Labute approximate surface area is 163 Å². The first-order valence-corrected chi connectivity index (χ1v) is 9.85. The maximum absolute atomic E-state index is 13.0. The molecule has 2 atom stereocenters. The molecule has 28 heavy (non-hydrogen) atoms. The molecule has 1 aromatic carbocycles. The van der Waals surface area contributed by atoms with Gasteiger partial charge in [-0.2, -0.15) is 0 Å². The molecule has 0 aliphatic carbocycles. The van der Waals surface area contributed by atoms with E-state index in [0.717, 1.165) is 42.8 Å². The first-order valence-electron chi connectivity index (χ1n) is 9.85. The molecule has 0 saturated carbocycles. The number of anilines is 1. The lowest BCUT2D eigenvalue weighted by atomic mass is 9.80. The van der Waals surface area contributed by atoms with E-state index in [2.05, 4.69) is 15.2 Å². The molecule has 1 amide bonds. The molecule has 2 aliphatic heterocycles. The van der Waals surface area contributed by atoms with E-state index in [9.17, 15) is 14.9 Å². The third-order valence-electron chi connectivity index (χ3n) is 5.78. The van der Waals surface area contributed by atoms with E-state index in [1.54, 1.807) is 18.3 Å². The molecule has 4 rings (SSSR count). The van der Waals surface area contributed by atoms with E-state index in [-0.39, 0.29) is 28.5 Å². The molecule has 1 N–H and O–H groups in total. The van der Waals surface area contributed by atoms with Crippen molar-refractivity contribution in [2.24, 2.45) is 5.92 Å². The monoisotopic (exact) mass is 380 g/mol. The second-order valence-electron chi connectivity index (χ2n) is 7.50. The average molecular weight is 380 g/mol. The van der Waals surface area contributed by atoms with Crippen LogP contribution in [0.25, 0.3) is 0 Å². The molecule has 0 bridgehead atoms. The Morgan fingerprint density at radius 1 is 1.29 bits per heavy atom. The summed E-state index contributed by atoms with van der Waals surface area (Å²) in [4.78, 5) is 30.3. The Morgan fingerprint density at radius 3 is 2.96 bits per heavy atom. The Bertz CT molecular complexity index is 871. The molecule has 2 aromatic rings. The fourth-order valence-corrected chi connectivity index (χ4v) is 4.44. The van der Waals surface area contributed by atoms with Crippen LogP contribution in [0.3, 0.4) is 0 Å². The van der Waals surface area contributed by atoms with Gasteiger partial charge in [0.1, 0.15) is 0 Å². The van der Waals surface area contributed by atoms with E-state index in [1.165, 1.54) is 0 Å². The van der Waals surface area contributed by atoms with Gasteiger partial charge in [0, 0.05) is 55.3 Å². The molecular formula is C21H24N4O3. The first kappa shape index (κ1) is 18.4. The van der Waals surface area contributed by atoms with Crippen LogP contribution >= 0.6 is 0 Å². The number of rotatable bonds is 5. The van der Waals surface area contributed by atoms with Crippen LogP contribution in [0.1, 0.15) is 30.5 Å². The topological polar surface area (TPSA) is 88.4 Å². The van der Waals surface area contributed by atoms with Gasteiger partial charge in [0.2, 0.25) is 5.91 Å². The number of hydrogen-bond donors (Lipinski definition) is 1.